The molecule has 0 aliphatic heterocycles. The van der Waals surface area contributed by atoms with E-state index in [1.807, 2.05) is 0 Å². The smallest absolute Gasteiger partial charge is 0.173 e. The van der Waals surface area contributed by atoms with Crippen LogP contribution in [0.3, 0.4) is 0 Å². The number of amidine groups is 1. The minimum Gasteiger partial charge on any atom is -0.490 e. The fourth-order valence-electron chi connectivity index (χ4n) is 2.52. The summed E-state index contributed by atoms with van der Waals surface area (Å²) in [6.07, 6.45) is 4.42. The molecule has 1 saturated carbocycles. The van der Waals surface area contributed by atoms with Crippen LogP contribution < -0.4 is 10.5 Å². The number of rotatable bonds is 3. The summed E-state index contributed by atoms with van der Waals surface area (Å²) in [5.41, 5.74) is 5.84. The zero-order chi connectivity index (χ0) is 13.8. The number of halogens is 1. The predicted octanol–water partition coefficient (Wildman–Crippen LogP) is 2.88. The zero-order valence-corrected chi connectivity index (χ0v) is 11.0. The Morgan fingerprint density at radius 3 is 2.95 bits per heavy atom. The average Bonchev–Trinajstić information content (AvgIpc) is 2.40. The first-order chi connectivity index (χ1) is 9.10. The lowest BCUT2D eigenvalue weighted by atomic mass is 9.88. The summed E-state index contributed by atoms with van der Waals surface area (Å²) in [6.45, 7) is 2.20. The molecule has 0 spiro atoms. The van der Waals surface area contributed by atoms with Crippen molar-refractivity contribution in [2.45, 2.75) is 38.7 Å². The minimum absolute atomic E-state index is 0.111. The summed E-state index contributed by atoms with van der Waals surface area (Å²) < 4.78 is 19.1. The molecule has 2 unspecified atom stereocenters. The van der Waals surface area contributed by atoms with E-state index in [-0.39, 0.29) is 11.9 Å². The molecule has 0 radical (unpaired) electrons. The van der Waals surface area contributed by atoms with Gasteiger partial charge in [-0.05, 0) is 43.4 Å². The molecule has 1 fully saturated rings. The van der Waals surface area contributed by atoms with Crippen LogP contribution in [0.25, 0.3) is 0 Å². The molecule has 104 valence electrons. The van der Waals surface area contributed by atoms with Gasteiger partial charge in [-0.3, -0.25) is 0 Å². The summed E-state index contributed by atoms with van der Waals surface area (Å²) in [5, 5.41) is 11.7. The Kier molecular flexibility index (Phi) is 4.24. The van der Waals surface area contributed by atoms with Crippen molar-refractivity contribution in [2.75, 3.05) is 0 Å². The molecular weight excluding hydrogens is 247 g/mol. The van der Waals surface area contributed by atoms with Crippen molar-refractivity contribution in [1.82, 2.24) is 0 Å². The average molecular weight is 266 g/mol. The van der Waals surface area contributed by atoms with Crippen molar-refractivity contribution in [1.29, 1.82) is 0 Å². The standard InChI is InChI=1S/C14H19FN2O2/c1-9-3-2-4-11(7-9)19-13-6-5-10(15)8-12(13)14(16)17-18/h5-6,8-9,11,18H,2-4,7H2,1H3,(H2,16,17). The van der Waals surface area contributed by atoms with Crippen LogP contribution in [0.2, 0.25) is 0 Å². The number of oxime groups is 1. The van der Waals surface area contributed by atoms with Gasteiger partial charge in [-0.25, -0.2) is 4.39 Å². The lowest BCUT2D eigenvalue weighted by Gasteiger charge is -2.28. The monoisotopic (exact) mass is 266 g/mol. The van der Waals surface area contributed by atoms with Crippen LogP contribution in [-0.4, -0.2) is 17.1 Å². The molecule has 2 atom stereocenters. The van der Waals surface area contributed by atoms with Crippen molar-refractivity contribution < 1.29 is 14.3 Å². The Morgan fingerprint density at radius 2 is 2.26 bits per heavy atom. The highest BCUT2D eigenvalue weighted by atomic mass is 19.1. The Bertz CT molecular complexity index is 477. The van der Waals surface area contributed by atoms with Crippen molar-refractivity contribution in [3.05, 3.63) is 29.6 Å². The van der Waals surface area contributed by atoms with Gasteiger partial charge in [-0.1, -0.05) is 18.5 Å². The van der Waals surface area contributed by atoms with E-state index in [4.69, 9.17) is 15.7 Å². The zero-order valence-electron chi connectivity index (χ0n) is 11.0. The van der Waals surface area contributed by atoms with Gasteiger partial charge in [0.25, 0.3) is 0 Å². The normalized spacial score (nSPS) is 24.2. The van der Waals surface area contributed by atoms with Gasteiger partial charge in [0.05, 0.1) is 11.7 Å². The molecule has 2 rings (SSSR count). The fourth-order valence-corrected chi connectivity index (χ4v) is 2.52. The van der Waals surface area contributed by atoms with Crippen molar-refractivity contribution >= 4 is 5.84 Å². The van der Waals surface area contributed by atoms with E-state index in [1.54, 1.807) is 0 Å². The predicted molar refractivity (Wildman–Crippen MR) is 71.0 cm³/mol. The Labute approximate surface area is 112 Å². The van der Waals surface area contributed by atoms with Crippen molar-refractivity contribution in [3.8, 4) is 5.75 Å². The van der Waals surface area contributed by atoms with E-state index < -0.39 is 5.82 Å². The van der Waals surface area contributed by atoms with Crippen LogP contribution in [-0.2, 0) is 0 Å². The molecule has 0 bridgehead atoms. The van der Waals surface area contributed by atoms with Gasteiger partial charge in [0.15, 0.2) is 5.84 Å². The summed E-state index contributed by atoms with van der Waals surface area (Å²) in [7, 11) is 0. The van der Waals surface area contributed by atoms with Crippen LogP contribution in [0.5, 0.6) is 5.75 Å². The number of nitrogens with zero attached hydrogens (tertiary/aromatic N) is 1. The van der Waals surface area contributed by atoms with E-state index >= 15 is 0 Å². The molecule has 4 nitrogen and oxygen atoms in total. The first kappa shape index (κ1) is 13.6. The maximum absolute atomic E-state index is 13.2. The number of nitrogens with two attached hydrogens (primary N) is 1. The summed E-state index contributed by atoms with van der Waals surface area (Å²) >= 11 is 0. The lowest BCUT2D eigenvalue weighted by molar-refractivity contribution is 0.129. The van der Waals surface area contributed by atoms with Crippen molar-refractivity contribution in [3.63, 3.8) is 0 Å². The molecular formula is C14H19FN2O2. The van der Waals surface area contributed by atoms with E-state index in [9.17, 15) is 4.39 Å². The molecule has 3 N–H and O–H groups in total. The molecule has 1 aromatic carbocycles. The second-order valence-corrected chi connectivity index (χ2v) is 5.14. The first-order valence-corrected chi connectivity index (χ1v) is 6.54. The van der Waals surface area contributed by atoms with Crippen LogP contribution in [0, 0.1) is 11.7 Å². The third-order valence-corrected chi connectivity index (χ3v) is 3.51. The highest BCUT2D eigenvalue weighted by Crippen LogP contribution is 2.29. The highest BCUT2D eigenvalue weighted by molar-refractivity contribution is 5.99. The van der Waals surface area contributed by atoms with Gasteiger partial charge in [0, 0.05) is 0 Å². The minimum atomic E-state index is -0.439. The third kappa shape index (κ3) is 3.36. The number of hydrogen-bond donors (Lipinski definition) is 2. The molecule has 0 amide bonds. The van der Waals surface area contributed by atoms with E-state index in [0.29, 0.717) is 17.2 Å². The topological polar surface area (TPSA) is 67.8 Å². The quantitative estimate of drug-likeness (QED) is 0.382. The summed E-state index contributed by atoms with van der Waals surface area (Å²) in [4.78, 5) is 0. The van der Waals surface area contributed by atoms with Gasteiger partial charge in [-0.15, -0.1) is 0 Å². The first-order valence-electron chi connectivity index (χ1n) is 6.54. The molecule has 0 saturated heterocycles. The second-order valence-electron chi connectivity index (χ2n) is 5.14. The maximum atomic E-state index is 13.2. The van der Waals surface area contributed by atoms with Gasteiger partial charge in [-0.2, -0.15) is 0 Å². The lowest BCUT2D eigenvalue weighted by Crippen LogP contribution is -2.25. The molecule has 1 aliphatic rings. The van der Waals surface area contributed by atoms with Gasteiger partial charge >= 0.3 is 0 Å². The molecule has 19 heavy (non-hydrogen) atoms. The van der Waals surface area contributed by atoms with E-state index in [2.05, 4.69) is 12.1 Å². The van der Waals surface area contributed by atoms with E-state index in [0.717, 1.165) is 19.3 Å². The molecule has 1 aromatic rings. The van der Waals surface area contributed by atoms with E-state index in [1.165, 1.54) is 24.6 Å². The molecule has 1 aliphatic carbocycles. The van der Waals surface area contributed by atoms with Gasteiger partial charge in [0.2, 0.25) is 0 Å². The van der Waals surface area contributed by atoms with Gasteiger partial charge < -0.3 is 15.7 Å². The number of hydrogen-bond acceptors (Lipinski definition) is 3. The SMILES string of the molecule is CC1CCCC(Oc2ccc(F)cc2C(N)=NO)C1. The highest BCUT2D eigenvalue weighted by Gasteiger charge is 2.22. The molecule has 0 heterocycles. The van der Waals surface area contributed by atoms with Crippen molar-refractivity contribution in [2.24, 2.45) is 16.8 Å². The van der Waals surface area contributed by atoms with Gasteiger partial charge in [0.1, 0.15) is 11.6 Å². The third-order valence-electron chi connectivity index (χ3n) is 3.51. The Hall–Kier alpha value is -1.78. The number of benzene rings is 1. The van der Waals surface area contributed by atoms with Crippen LogP contribution >= 0.6 is 0 Å². The summed E-state index contributed by atoms with van der Waals surface area (Å²) in [5.74, 6) is 0.520. The van der Waals surface area contributed by atoms with Crippen LogP contribution in [0.1, 0.15) is 38.2 Å². The largest absolute Gasteiger partial charge is 0.490 e. The molecule has 5 heteroatoms. The molecule has 0 aromatic heterocycles. The van der Waals surface area contributed by atoms with Crippen LogP contribution in [0.4, 0.5) is 4.39 Å². The fraction of sp³-hybridized carbons (Fsp3) is 0.500. The summed E-state index contributed by atoms with van der Waals surface area (Å²) in [6, 6.07) is 4.06. The Balaban J connectivity index is 2.19. The second kappa shape index (κ2) is 5.91. The Morgan fingerprint density at radius 1 is 1.47 bits per heavy atom. The number of ether oxygens (including phenoxy) is 1. The van der Waals surface area contributed by atoms with Crippen LogP contribution in [0.15, 0.2) is 23.4 Å². The maximum Gasteiger partial charge on any atom is 0.173 e.